The molecule has 224 valence electrons. The maximum Gasteiger partial charge on any atom is 0.186 e. The number of aliphatic hydroxyl groups is 1. The molecule has 0 unspecified atom stereocenters. The summed E-state index contributed by atoms with van der Waals surface area (Å²) in [5, 5.41) is 10.7. The molecule has 0 spiro atoms. The second-order valence-corrected chi connectivity index (χ2v) is 17.0. The Kier molecular flexibility index (Phi) is 8.89. The van der Waals surface area contributed by atoms with E-state index >= 15 is 0 Å². The molecule has 40 heavy (non-hydrogen) atoms. The Labute approximate surface area is 248 Å². The van der Waals surface area contributed by atoms with Gasteiger partial charge in [-0.25, -0.2) is 8.42 Å². The molecule has 0 bridgehead atoms. The van der Waals surface area contributed by atoms with Gasteiger partial charge in [0.05, 0.1) is 16.0 Å². The van der Waals surface area contributed by atoms with Gasteiger partial charge in [0.15, 0.2) is 9.84 Å². The molecule has 10 atom stereocenters. The molecule has 0 saturated heterocycles. The molecular weight excluding hydrogens is 540 g/mol. The highest BCUT2D eigenvalue weighted by Crippen LogP contribution is 2.69. The summed E-state index contributed by atoms with van der Waals surface area (Å²) < 4.78 is 25.5. The van der Waals surface area contributed by atoms with Crippen molar-refractivity contribution in [1.82, 2.24) is 0 Å². The second kappa shape index (κ2) is 11.6. The third-order valence-electron chi connectivity index (χ3n) is 12.7. The lowest BCUT2D eigenvalue weighted by atomic mass is 9.42. The molecule has 0 heterocycles. The minimum atomic E-state index is -3.71. The van der Waals surface area contributed by atoms with Crippen LogP contribution in [0.1, 0.15) is 105 Å². The third-order valence-corrected chi connectivity index (χ3v) is 14.9. The number of sulfone groups is 1. The first-order valence-corrected chi connectivity index (χ1v) is 18.1. The SMILES string of the molecule is CC[C@H]1C[C@@H]2[C@H](CC[C@]3(C)[C@@H]([C@H](C)CCCC(=O)CS(=O)(=O)c4ccccc4Cl)CC[C@@H]23)[C@@]2(C)CC[C@@H](O)C[C@@H]12. The van der Waals surface area contributed by atoms with E-state index in [1.54, 1.807) is 18.2 Å². The fraction of sp³-hybridized carbons (Fsp3) is 0.794. The van der Waals surface area contributed by atoms with Crippen molar-refractivity contribution in [2.24, 2.45) is 52.3 Å². The van der Waals surface area contributed by atoms with Gasteiger partial charge in [-0.15, -0.1) is 0 Å². The standard InChI is InChI=1S/C34H51ClO4S/c1-5-23-19-26-28-14-13-27(33(28,3)18-16-29(26)34(4)17-15-24(36)20-30(23)34)22(2)9-8-10-25(37)21-40(38,39)32-12-7-6-11-31(32)35/h6-7,11-12,22-24,26-30,36H,5,8-10,13-21H2,1-4H3/t22-,23+,24-,26+,27-,28+,29+,30+,33-,34-/m1/s1. The number of hydrogen-bond acceptors (Lipinski definition) is 4. The van der Waals surface area contributed by atoms with E-state index in [1.807, 2.05) is 0 Å². The van der Waals surface area contributed by atoms with Gasteiger partial charge in [-0.05, 0) is 122 Å². The zero-order valence-corrected chi connectivity index (χ0v) is 26.7. The first-order chi connectivity index (χ1) is 18.9. The van der Waals surface area contributed by atoms with Gasteiger partial charge >= 0.3 is 0 Å². The van der Waals surface area contributed by atoms with Crippen molar-refractivity contribution < 1.29 is 18.3 Å². The molecule has 1 aromatic rings. The number of ketones is 1. The number of benzene rings is 1. The van der Waals surface area contributed by atoms with E-state index in [1.165, 1.54) is 51.0 Å². The average Bonchev–Trinajstić information content (AvgIpc) is 3.26. The van der Waals surface area contributed by atoms with Crippen molar-refractivity contribution in [3.05, 3.63) is 29.3 Å². The predicted octanol–water partition coefficient (Wildman–Crippen LogP) is 8.15. The monoisotopic (exact) mass is 590 g/mol. The van der Waals surface area contributed by atoms with Gasteiger partial charge in [0, 0.05) is 6.42 Å². The molecule has 6 heteroatoms. The van der Waals surface area contributed by atoms with Crippen LogP contribution < -0.4 is 0 Å². The first kappa shape index (κ1) is 30.5. The minimum Gasteiger partial charge on any atom is -0.393 e. The lowest BCUT2D eigenvalue weighted by molar-refractivity contribution is -0.152. The van der Waals surface area contributed by atoms with E-state index in [4.69, 9.17) is 11.6 Å². The Bertz CT molecular complexity index is 1180. The highest BCUT2D eigenvalue weighted by molar-refractivity contribution is 7.92. The van der Waals surface area contributed by atoms with Gasteiger partial charge in [0.25, 0.3) is 0 Å². The van der Waals surface area contributed by atoms with Crippen molar-refractivity contribution in [3.63, 3.8) is 0 Å². The van der Waals surface area contributed by atoms with E-state index in [-0.39, 0.29) is 21.8 Å². The van der Waals surface area contributed by atoms with Crippen molar-refractivity contribution in [1.29, 1.82) is 0 Å². The van der Waals surface area contributed by atoms with Gasteiger partial charge in [-0.1, -0.05) is 64.3 Å². The van der Waals surface area contributed by atoms with Gasteiger partial charge in [0.1, 0.15) is 11.5 Å². The van der Waals surface area contributed by atoms with Crippen LogP contribution in [0.2, 0.25) is 5.02 Å². The van der Waals surface area contributed by atoms with Crippen molar-refractivity contribution in [2.75, 3.05) is 5.75 Å². The maximum absolute atomic E-state index is 12.7. The molecule has 4 aliphatic rings. The normalized spacial score (nSPS) is 40.1. The molecule has 4 saturated carbocycles. The lowest BCUT2D eigenvalue weighted by Gasteiger charge is -2.63. The number of Topliss-reactive ketones (excluding diaryl/α,β-unsaturated/α-hetero) is 1. The number of fused-ring (bicyclic) bond motifs is 5. The van der Waals surface area contributed by atoms with Gasteiger partial charge < -0.3 is 5.11 Å². The third kappa shape index (κ3) is 5.46. The molecule has 0 aromatic heterocycles. The number of hydrogen-bond donors (Lipinski definition) is 1. The highest BCUT2D eigenvalue weighted by Gasteiger charge is 2.62. The summed E-state index contributed by atoms with van der Waals surface area (Å²) in [7, 11) is -3.71. The van der Waals surface area contributed by atoms with E-state index < -0.39 is 15.6 Å². The van der Waals surface area contributed by atoms with Crippen molar-refractivity contribution >= 4 is 27.2 Å². The molecular formula is C34H51ClO4S. The van der Waals surface area contributed by atoms with Gasteiger partial charge in [0.2, 0.25) is 0 Å². The molecule has 1 N–H and O–H groups in total. The summed E-state index contributed by atoms with van der Waals surface area (Å²) in [6.07, 6.45) is 13.0. The topological polar surface area (TPSA) is 71.4 Å². The van der Waals surface area contributed by atoms with E-state index in [9.17, 15) is 18.3 Å². The molecule has 4 nitrogen and oxygen atoms in total. The number of rotatable bonds is 9. The van der Waals surface area contributed by atoms with Crippen LogP contribution in [0.25, 0.3) is 0 Å². The number of halogens is 1. The summed E-state index contributed by atoms with van der Waals surface area (Å²) in [4.78, 5) is 12.7. The molecule has 5 rings (SSSR count). The number of carbonyl (C=O) groups is 1. The highest BCUT2D eigenvalue weighted by atomic mass is 35.5. The summed E-state index contributed by atoms with van der Waals surface area (Å²) in [6, 6.07) is 6.37. The van der Waals surface area contributed by atoms with Crippen LogP contribution in [0.15, 0.2) is 29.2 Å². The number of aliphatic hydroxyl groups excluding tert-OH is 1. The quantitative estimate of drug-likeness (QED) is 0.315. The molecule has 4 fully saturated rings. The van der Waals surface area contributed by atoms with Crippen LogP contribution in [0.5, 0.6) is 0 Å². The molecule has 0 amide bonds. The summed E-state index contributed by atoms with van der Waals surface area (Å²) in [5.74, 6) is 4.38. The predicted molar refractivity (Wildman–Crippen MR) is 162 cm³/mol. The summed E-state index contributed by atoms with van der Waals surface area (Å²) in [5.41, 5.74) is 0.756. The van der Waals surface area contributed by atoms with E-state index in [0.29, 0.717) is 35.0 Å². The Hall–Kier alpha value is -0.910. The van der Waals surface area contributed by atoms with Gasteiger partial charge in [-0.2, -0.15) is 0 Å². The zero-order valence-electron chi connectivity index (χ0n) is 25.1. The Morgan fingerprint density at radius 3 is 2.45 bits per heavy atom. The fourth-order valence-electron chi connectivity index (χ4n) is 10.8. The van der Waals surface area contributed by atoms with E-state index in [0.717, 1.165) is 49.4 Å². The molecule has 4 aliphatic carbocycles. The average molecular weight is 591 g/mol. The second-order valence-electron chi connectivity index (χ2n) is 14.6. The fourth-order valence-corrected chi connectivity index (χ4v) is 12.7. The maximum atomic E-state index is 12.7. The van der Waals surface area contributed by atoms with Crippen LogP contribution in [-0.2, 0) is 14.6 Å². The Balaban J connectivity index is 1.20. The molecule has 0 radical (unpaired) electrons. The van der Waals surface area contributed by atoms with Crippen molar-refractivity contribution in [3.8, 4) is 0 Å². The summed E-state index contributed by atoms with van der Waals surface area (Å²) in [6.45, 7) is 9.92. The number of carbonyl (C=O) groups excluding carboxylic acids is 1. The van der Waals surface area contributed by atoms with Crippen LogP contribution in [0.3, 0.4) is 0 Å². The van der Waals surface area contributed by atoms with Crippen LogP contribution in [0.4, 0.5) is 0 Å². The molecule has 1 aromatic carbocycles. The minimum absolute atomic E-state index is 0.0523. The van der Waals surface area contributed by atoms with Gasteiger partial charge in [-0.3, -0.25) is 4.79 Å². The smallest absolute Gasteiger partial charge is 0.186 e. The zero-order chi connectivity index (χ0) is 28.9. The Morgan fingerprint density at radius 2 is 1.73 bits per heavy atom. The van der Waals surface area contributed by atoms with Crippen LogP contribution >= 0.6 is 11.6 Å². The Morgan fingerprint density at radius 1 is 1.02 bits per heavy atom. The summed E-state index contributed by atoms with van der Waals surface area (Å²) >= 11 is 6.09. The van der Waals surface area contributed by atoms with E-state index in [2.05, 4.69) is 27.7 Å². The van der Waals surface area contributed by atoms with Crippen molar-refractivity contribution in [2.45, 2.75) is 116 Å². The largest absolute Gasteiger partial charge is 0.393 e. The lowest BCUT2D eigenvalue weighted by Crippen LogP contribution is -2.56. The van der Waals surface area contributed by atoms with Crippen LogP contribution in [0, 0.1) is 52.3 Å². The molecule has 0 aliphatic heterocycles. The van der Waals surface area contributed by atoms with Crippen LogP contribution in [-0.4, -0.2) is 31.2 Å². The first-order valence-electron chi connectivity index (χ1n) is 16.1.